The molecule has 1 aromatic heterocycles. The Bertz CT molecular complexity index is 1660. The van der Waals surface area contributed by atoms with Crippen molar-refractivity contribution in [2.75, 3.05) is 31.3 Å². The zero-order valence-corrected chi connectivity index (χ0v) is 27.5. The van der Waals surface area contributed by atoms with Crippen molar-refractivity contribution in [3.8, 4) is 0 Å². The fraction of sp³-hybridized carbons (Fsp3) is 0.452. The van der Waals surface area contributed by atoms with Crippen LogP contribution in [0.2, 0.25) is 25.7 Å². The highest BCUT2D eigenvalue weighted by Gasteiger charge is 2.33. The van der Waals surface area contributed by atoms with E-state index in [1.54, 1.807) is 29.3 Å². The number of methoxy groups -OCH3 is 1. The molecule has 2 N–H and O–H groups in total. The van der Waals surface area contributed by atoms with Crippen LogP contribution in [0.25, 0.3) is 10.9 Å². The molecule has 4 amide bonds. The van der Waals surface area contributed by atoms with Gasteiger partial charge in [-0.2, -0.15) is 19.6 Å². The number of nitrogens with one attached hydrogen (secondary N) is 2. The van der Waals surface area contributed by atoms with Gasteiger partial charge in [0.05, 0.1) is 12.6 Å². The number of benzene rings is 2. The lowest BCUT2D eigenvalue weighted by Crippen LogP contribution is -2.54. The first kappa shape index (κ1) is 31.6. The van der Waals surface area contributed by atoms with Gasteiger partial charge in [0, 0.05) is 55.1 Å². The Hall–Kier alpha value is -3.84. The number of rotatable bonds is 9. The Morgan fingerprint density at radius 2 is 1.82 bits per heavy atom. The van der Waals surface area contributed by atoms with Crippen LogP contribution in [0.5, 0.6) is 0 Å². The summed E-state index contributed by atoms with van der Waals surface area (Å²) in [6, 6.07) is 14.1. The van der Waals surface area contributed by atoms with Gasteiger partial charge < -0.3 is 25.2 Å². The maximum atomic E-state index is 13.2. The molecule has 44 heavy (non-hydrogen) atoms. The first-order valence-electron chi connectivity index (χ1n) is 15.0. The zero-order chi connectivity index (χ0) is 31.6. The van der Waals surface area contributed by atoms with E-state index < -0.39 is 30.1 Å². The molecule has 1 saturated heterocycles. The SMILES string of the molecule is COC(=O)C(Cc1ccc2c(ccn2S(=O)(=O)CC[Si-](C)(C)C)c1)NC(=O)N1CCC(N2Cc3ccccc3NC2=O)CC1. The fourth-order valence-electron chi connectivity index (χ4n) is 5.78. The molecule has 0 saturated carbocycles. The van der Waals surface area contributed by atoms with Crippen LogP contribution in [-0.2, 0) is 32.5 Å². The topological polar surface area (TPSA) is 130 Å². The molecule has 11 nitrogen and oxygen atoms in total. The molecule has 1 unspecified atom stereocenters. The summed E-state index contributed by atoms with van der Waals surface area (Å²) in [6.45, 7) is 7.87. The number of fused-ring (bicyclic) bond motifs is 2. The lowest BCUT2D eigenvalue weighted by atomic mass is 10.0. The lowest BCUT2D eigenvalue weighted by molar-refractivity contribution is -0.142. The van der Waals surface area contributed by atoms with Gasteiger partial charge in [0.25, 0.3) is 0 Å². The van der Waals surface area contributed by atoms with Crippen molar-refractivity contribution >= 4 is 52.7 Å². The third kappa shape index (κ3) is 7.10. The van der Waals surface area contributed by atoms with Crippen LogP contribution < -0.4 is 10.6 Å². The number of ether oxygens (including phenoxy) is 1. The van der Waals surface area contributed by atoms with Gasteiger partial charge in [0.2, 0.25) is 10.0 Å². The standard InChI is InChI=1S/C31H41N5O6SSi/c1-42-29(37)27(20-22-9-10-28-23(19-22)11-16-36(28)43(40,41)17-18-44(2,3)4)33-30(38)34-14-12-25(13-15-34)35-21-24-7-5-6-8-26(24)32-31(35)39/h5-11,16,19,25,27H,12-15,17-18,20-21H2,1-4H3,(H,32,39)(H,33,38)/q-1. The second-order valence-electron chi connectivity index (χ2n) is 12.8. The Morgan fingerprint density at radius 1 is 1.09 bits per heavy atom. The number of para-hydroxylation sites is 1. The number of urea groups is 2. The first-order valence-corrected chi connectivity index (χ1v) is 20.3. The minimum atomic E-state index is -3.50. The molecule has 2 aromatic carbocycles. The fourth-order valence-corrected chi connectivity index (χ4v) is 10.2. The van der Waals surface area contributed by atoms with Gasteiger partial charge in [-0.1, -0.05) is 24.3 Å². The highest BCUT2D eigenvalue weighted by Crippen LogP contribution is 2.28. The third-order valence-corrected chi connectivity index (χ3v) is 12.2. The molecule has 0 radical (unpaired) electrons. The summed E-state index contributed by atoms with van der Waals surface area (Å²) in [6.07, 6.45) is 3.01. The number of aromatic nitrogens is 1. The number of likely N-dealkylation sites (tertiary alicyclic amines) is 1. The summed E-state index contributed by atoms with van der Waals surface area (Å²) in [4.78, 5) is 42.2. The quantitative estimate of drug-likeness (QED) is 0.263. The third-order valence-electron chi connectivity index (χ3n) is 8.40. The van der Waals surface area contributed by atoms with E-state index in [1.165, 1.54) is 11.1 Å². The molecule has 13 heteroatoms. The van der Waals surface area contributed by atoms with E-state index >= 15 is 0 Å². The number of carbonyl (C=O) groups excluding carboxylic acids is 3. The highest BCUT2D eigenvalue weighted by atomic mass is 32.2. The van der Waals surface area contributed by atoms with Gasteiger partial charge in [-0.25, -0.2) is 26.8 Å². The second-order valence-corrected chi connectivity index (χ2v) is 20.4. The first-order chi connectivity index (χ1) is 20.8. The van der Waals surface area contributed by atoms with Gasteiger partial charge in [0.1, 0.15) is 6.04 Å². The summed E-state index contributed by atoms with van der Waals surface area (Å²) in [5, 5.41) is 6.52. The number of piperidine rings is 1. The predicted molar refractivity (Wildman–Crippen MR) is 173 cm³/mol. The smallest absolute Gasteiger partial charge is 0.328 e. The molecule has 0 bridgehead atoms. The Balaban J connectivity index is 1.21. The van der Waals surface area contributed by atoms with Crippen LogP contribution in [-0.4, -0.2) is 86.3 Å². The molecular weight excluding hydrogens is 599 g/mol. The van der Waals surface area contributed by atoms with E-state index in [1.807, 2.05) is 35.2 Å². The Kier molecular flexibility index (Phi) is 9.07. The number of amides is 4. The van der Waals surface area contributed by atoms with Gasteiger partial charge in [-0.3, -0.25) is 0 Å². The Labute approximate surface area is 259 Å². The molecule has 1 atom stereocenters. The summed E-state index contributed by atoms with van der Waals surface area (Å²) >= 11 is 0. The zero-order valence-electron chi connectivity index (χ0n) is 25.7. The number of esters is 1. The van der Waals surface area contributed by atoms with Crippen molar-refractivity contribution in [3.05, 3.63) is 65.9 Å². The molecule has 5 rings (SSSR count). The minimum absolute atomic E-state index is 0.00203. The van der Waals surface area contributed by atoms with Crippen molar-refractivity contribution in [1.82, 2.24) is 19.1 Å². The summed E-state index contributed by atoms with van der Waals surface area (Å²) in [5.74, 6) is -0.468. The van der Waals surface area contributed by atoms with E-state index in [2.05, 4.69) is 30.3 Å². The van der Waals surface area contributed by atoms with Crippen LogP contribution in [0.15, 0.2) is 54.7 Å². The molecule has 237 valence electrons. The van der Waals surface area contributed by atoms with Crippen molar-refractivity contribution in [3.63, 3.8) is 0 Å². The van der Waals surface area contributed by atoms with E-state index in [0.717, 1.165) is 22.2 Å². The van der Waals surface area contributed by atoms with Gasteiger partial charge in [-0.15, -0.1) is 14.1 Å². The van der Waals surface area contributed by atoms with Gasteiger partial charge in [-0.05, 0) is 48.2 Å². The van der Waals surface area contributed by atoms with E-state index in [4.69, 9.17) is 4.74 Å². The van der Waals surface area contributed by atoms with Crippen molar-refractivity contribution in [2.24, 2.45) is 0 Å². The van der Waals surface area contributed by atoms with Gasteiger partial charge in [0.15, 0.2) is 0 Å². The molecule has 3 aromatic rings. The van der Waals surface area contributed by atoms with Crippen LogP contribution in [0.4, 0.5) is 15.3 Å². The van der Waals surface area contributed by atoms with E-state index in [9.17, 15) is 22.8 Å². The van der Waals surface area contributed by atoms with E-state index in [-0.39, 0.29) is 30.3 Å². The second kappa shape index (κ2) is 12.6. The molecular formula is C31H41N5O6SSi-. The molecule has 3 heterocycles. The van der Waals surface area contributed by atoms with Crippen molar-refractivity contribution < 1.29 is 27.5 Å². The molecule has 2 aliphatic heterocycles. The lowest BCUT2D eigenvalue weighted by Gasteiger charge is -2.40. The summed E-state index contributed by atoms with van der Waals surface area (Å²) in [5.41, 5.74) is 3.24. The normalized spacial score (nSPS) is 16.8. The average molecular weight is 640 g/mol. The van der Waals surface area contributed by atoms with Gasteiger partial charge >= 0.3 is 18.0 Å². The molecule has 0 aliphatic carbocycles. The monoisotopic (exact) mass is 639 g/mol. The predicted octanol–water partition coefficient (Wildman–Crippen LogP) is 4.46. The number of hydrogen-bond acceptors (Lipinski definition) is 6. The maximum Gasteiger partial charge on any atom is 0.328 e. The molecule has 0 spiro atoms. The van der Waals surface area contributed by atoms with Crippen molar-refractivity contribution in [1.29, 1.82) is 0 Å². The van der Waals surface area contributed by atoms with E-state index in [0.29, 0.717) is 44.0 Å². The minimum Gasteiger partial charge on any atom is -0.467 e. The Morgan fingerprint density at radius 3 is 2.52 bits per heavy atom. The number of hydrogen-bond donors (Lipinski definition) is 2. The molecule has 1 fully saturated rings. The number of anilines is 1. The van der Waals surface area contributed by atoms with Crippen molar-refractivity contribution in [2.45, 2.75) is 63.6 Å². The molecule has 2 aliphatic rings. The summed E-state index contributed by atoms with van der Waals surface area (Å²) < 4.78 is 32.4. The highest BCUT2D eigenvalue weighted by molar-refractivity contribution is 7.90. The van der Waals surface area contributed by atoms with Crippen LogP contribution in [0, 0.1) is 0 Å². The number of nitrogens with zero attached hydrogens (tertiary/aromatic N) is 3. The number of carbonyl (C=O) groups is 3. The van der Waals surface area contributed by atoms with Crippen LogP contribution in [0.1, 0.15) is 24.0 Å². The maximum absolute atomic E-state index is 13.2. The largest absolute Gasteiger partial charge is 0.467 e. The summed E-state index contributed by atoms with van der Waals surface area (Å²) in [7, 11) is -3.75. The van der Waals surface area contributed by atoms with Crippen LogP contribution >= 0.6 is 0 Å². The van der Waals surface area contributed by atoms with Crippen LogP contribution in [0.3, 0.4) is 0 Å². The average Bonchev–Trinajstić information content (AvgIpc) is 3.43.